The van der Waals surface area contributed by atoms with Crippen LogP contribution in [0.25, 0.3) is 0 Å². The number of carboxylic acid groups (broad SMARTS) is 1. The zero-order valence-corrected chi connectivity index (χ0v) is 16.3. The molecule has 0 bridgehead atoms. The lowest BCUT2D eigenvalue weighted by atomic mass is 9.74. The maximum atomic E-state index is 12.6. The number of hydrogen-bond donors (Lipinski definition) is 2. The maximum absolute atomic E-state index is 12.6. The van der Waals surface area contributed by atoms with E-state index < -0.39 is 17.4 Å². The van der Waals surface area contributed by atoms with E-state index in [1.54, 1.807) is 16.7 Å². The van der Waals surface area contributed by atoms with Crippen LogP contribution in [-0.4, -0.2) is 52.0 Å². The van der Waals surface area contributed by atoms with Gasteiger partial charge in [0.1, 0.15) is 6.04 Å². The van der Waals surface area contributed by atoms with Crippen LogP contribution in [0, 0.1) is 10.8 Å². The molecule has 25 heavy (non-hydrogen) atoms. The van der Waals surface area contributed by atoms with Crippen LogP contribution in [0.5, 0.6) is 0 Å². The lowest BCUT2D eigenvalue weighted by Gasteiger charge is -2.34. The Morgan fingerprint density at radius 3 is 2.40 bits per heavy atom. The molecule has 1 unspecified atom stereocenters. The molecule has 2 amide bonds. The fraction of sp³-hybridized carbons (Fsp3) is 0.833. The second-order valence-electron chi connectivity index (χ2n) is 8.48. The van der Waals surface area contributed by atoms with Crippen molar-refractivity contribution in [1.82, 2.24) is 10.2 Å². The number of carbonyl (C=O) groups excluding carboxylic acids is 2. The van der Waals surface area contributed by atoms with Gasteiger partial charge in [0.05, 0.1) is 11.3 Å². The topological polar surface area (TPSA) is 86.7 Å². The molecule has 1 heterocycles. The molecular formula is C18H30N2O4S. The van der Waals surface area contributed by atoms with E-state index in [-0.39, 0.29) is 23.8 Å². The zero-order valence-electron chi connectivity index (χ0n) is 15.5. The Kier molecular flexibility index (Phi) is 6.40. The van der Waals surface area contributed by atoms with Crippen molar-refractivity contribution in [3.63, 3.8) is 0 Å². The predicted molar refractivity (Wildman–Crippen MR) is 98.2 cm³/mol. The molecule has 142 valence electrons. The molecule has 2 N–H and O–H groups in total. The van der Waals surface area contributed by atoms with Gasteiger partial charge >= 0.3 is 5.97 Å². The van der Waals surface area contributed by atoms with Gasteiger partial charge in [-0.25, -0.2) is 0 Å². The van der Waals surface area contributed by atoms with Crippen molar-refractivity contribution in [1.29, 1.82) is 0 Å². The Morgan fingerprint density at radius 2 is 1.84 bits per heavy atom. The van der Waals surface area contributed by atoms with E-state index in [1.165, 1.54) is 0 Å². The summed E-state index contributed by atoms with van der Waals surface area (Å²) in [6.07, 6.45) is 4.44. The molecule has 0 aromatic carbocycles. The highest BCUT2D eigenvalue weighted by molar-refractivity contribution is 7.99. The molecule has 0 radical (unpaired) electrons. The van der Waals surface area contributed by atoms with Crippen LogP contribution in [0.15, 0.2) is 0 Å². The van der Waals surface area contributed by atoms with Gasteiger partial charge in [0.2, 0.25) is 11.8 Å². The van der Waals surface area contributed by atoms with Gasteiger partial charge in [0, 0.05) is 18.7 Å². The summed E-state index contributed by atoms with van der Waals surface area (Å²) in [6.45, 7) is 6.16. The number of nitrogens with zero attached hydrogens (tertiary/aromatic N) is 1. The van der Waals surface area contributed by atoms with Crippen molar-refractivity contribution in [2.75, 3.05) is 18.2 Å². The number of rotatable bonds is 5. The minimum atomic E-state index is -0.847. The van der Waals surface area contributed by atoms with Crippen LogP contribution < -0.4 is 5.32 Å². The largest absolute Gasteiger partial charge is 0.481 e. The van der Waals surface area contributed by atoms with Gasteiger partial charge in [-0.3, -0.25) is 14.4 Å². The quantitative estimate of drug-likeness (QED) is 0.776. The molecular weight excluding hydrogens is 340 g/mol. The minimum Gasteiger partial charge on any atom is -0.481 e. The van der Waals surface area contributed by atoms with Crippen molar-refractivity contribution < 1.29 is 19.5 Å². The van der Waals surface area contributed by atoms with Crippen LogP contribution in [0.2, 0.25) is 0 Å². The first-order valence-electron chi connectivity index (χ1n) is 9.03. The molecule has 0 spiro atoms. The van der Waals surface area contributed by atoms with Crippen molar-refractivity contribution >= 4 is 29.5 Å². The number of carboxylic acids is 1. The normalized spacial score (nSPS) is 23.3. The molecule has 1 saturated heterocycles. The van der Waals surface area contributed by atoms with Gasteiger partial charge in [-0.15, -0.1) is 11.8 Å². The number of carbonyl (C=O) groups is 3. The third-order valence-electron chi connectivity index (χ3n) is 5.05. The Balaban J connectivity index is 1.97. The number of hydrogen-bond acceptors (Lipinski definition) is 4. The number of nitrogens with one attached hydrogen (secondary N) is 1. The van der Waals surface area contributed by atoms with E-state index in [2.05, 4.69) is 5.32 Å². The Labute approximate surface area is 154 Å². The summed E-state index contributed by atoms with van der Waals surface area (Å²) in [5, 5.41) is 12.5. The van der Waals surface area contributed by atoms with E-state index in [1.807, 2.05) is 20.8 Å². The molecule has 1 aliphatic carbocycles. The fourth-order valence-electron chi connectivity index (χ4n) is 3.53. The first-order chi connectivity index (χ1) is 11.6. The first-order valence-corrected chi connectivity index (χ1v) is 10.2. The molecule has 2 rings (SSSR count). The summed E-state index contributed by atoms with van der Waals surface area (Å²) in [4.78, 5) is 38.5. The molecule has 0 aromatic heterocycles. The fourth-order valence-corrected chi connectivity index (χ4v) is 4.71. The molecule has 1 aliphatic heterocycles. The molecule has 6 nitrogen and oxygen atoms in total. The van der Waals surface area contributed by atoms with Crippen molar-refractivity contribution in [3.8, 4) is 0 Å². The van der Waals surface area contributed by atoms with Gasteiger partial charge in [-0.1, -0.05) is 40.0 Å². The van der Waals surface area contributed by atoms with E-state index in [4.69, 9.17) is 0 Å². The zero-order chi connectivity index (χ0) is 18.7. The van der Waals surface area contributed by atoms with Gasteiger partial charge in [0.15, 0.2) is 0 Å². The lowest BCUT2D eigenvalue weighted by molar-refractivity contribution is -0.151. The molecule has 7 heteroatoms. The Morgan fingerprint density at radius 1 is 1.20 bits per heavy atom. The number of aliphatic carboxylic acids is 1. The van der Waals surface area contributed by atoms with Crippen LogP contribution in [0.1, 0.15) is 59.3 Å². The van der Waals surface area contributed by atoms with E-state index in [0.29, 0.717) is 30.9 Å². The van der Waals surface area contributed by atoms with Gasteiger partial charge in [-0.2, -0.15) is 0 Å². The van der Waals surface area contributed by atoms with Crippen molar-refractivity contribution in [2.24, 2.45) is 10.8 Å². The number of amides is 2. The number of thioether (sulfide) groups is 1. The van der Waals surface area contributed by atoms with E-state index in [0.717, 1.165) is 19.3 Å². The minimum absolute atomic E-state index is 0.0109. The van der Waals surface area contributed by atoms with Crippen LogP contribution in [0.3, 0.4) is 0 Å². The van der Waals surface area contributed by atoms with E-state index >= 15 is 0 Å². The van der Waals surface area contributed by atoms with Crippen molar-refractivity contribution in [3.05, 3.63) is 0 Å². The molecule has 1 atom stereocenters. The summed E-state index contributed by atoms with van der Waals surface area (Å²) < 4.78 is 0. The van der Waals surface area contributed by atoms with Gasteiger partial charge in [-0.05, 0) is 18.3 Å². The lowest BCUT2D eigenvalue weighted by Crippen LogP contribution is -2.51. The average Bonchev–Trinajstić information content (AvgIpc) is 3.01. The molecule has 2 fully saturated rings. The summed E-state index contributed by atoms with van der Waals surface area (Å²) in [7, 11) is 0. The van der Waals surface area contributed by atoms with Gasteiger partial charge in [0.25, 0.3) is 0 Å². The molecule has 1 saturated carbocycles. The second kappa shape index (κ2) is 7.98. The molecule has 2 aliphatic rings. The smallest absolute Gasteiger partial charge is 0.311 e. The van der Waals surface area contributed by atoms with E-state index in [9.17, 15) is 19.5 Å². The highest BCUT2D eigenvalue weighted by Crippen LogP contribution is 2.36. The van der Waals surface area contributed by atoms with Gasteiger partial charge < -0.3 is 15.3 Å². The summed E-state index contributed by atoms with van der Waals surface area (Å²) in [5.41, 5.74) is -0.971. The Bertz CT molecular complexity index is 524. The van der Waals surface area contributed by atoms with Crippen LogP contribution in [-0.2, 0) is 14.4 Å². The Hall–Kier alpha value is -1.24. The SMILES string of the molecule is CC(C)(C)CC(=O)N1CSCC1C(=O)NCC1(C(=O)O)CCCCC1. The van der Waals surface area contributed by atoms with Crippen LogP contribution >= 0.6 is 11.8 Å². The average molecular weight is 371 g/mol. The molecule has 0 aromatic rings. The third-order valence-corrected chi connectivity index (χ3v) is 6.06. The third kappa shape index (κ3) is 5.12. The van der Waals surface area contributed by atoms with Crippen LogP contribution in [0.4, 0.5) is 0 Å². The standard InChI is InChI=1S/C18H30N2O4S/c1-17(2,3)9-14(21)20-12-25-10-13(20)15(22)19-11-18(16(23)24)7-5-4-6-8-18/h13H,4-12H2,1-3H3,(H,19,22)(H,23,24). The summed E-state index contributed by atoms with van der Waals surface area (Å²) in [6, 6.07) is -0.491. The highest BCUT2D eigenvalue weighted by Gasteiger charge is 2.41. The van der Waals surface area contributed by atoms with Crippen molar-refractivity contribution in [2.45, 2.75) is 65.3 Å². The highest BCUT2D eigenvalue weighted by atomic mass is 32.2. The predicted octanol–water partition coefficient (Wildman–Crippen LogP) is 2.48. The summed E-state index contributed by atoms with van der Waals surface area (Å²) >= 11 is 1.57. The second-order valence-corrected chi connectivity index (χ2v) is 9.48. The maximum Gasteiger partial charge on any atom is 0.311 e. The summed E-state index contributed by atoms with van der Waals surface area (Å²) in [5.74, 6) is 0.0365. The first kappa shape index (κ1) is 20.1. The monoisotopic (exact) mass is 370 g/mol.